The van der Waals surface area contributed by atoms with Crippen LogP contribution in [0.3, 0.4) is 0 Å². The van der Waals surface area contributed by atoms with Crippen molar-refractivity contribution in [3.8, 4) is 0 Å². The highest BCUT2D eigenvalue weighted by molar-refractivity contribution is 6.31. The van der Waals surface area contributed by atoms with Crippen LogP contribution in [0.25, 0.3) is 0 Å². The molecule has 1 aromatic carbocycles. The van der Waals surface area contributed by atoms with Crippen LogP contribution in [-0.2, 0) is 6.54 Å². The molecule has 106 valence electrons. The summed E-state index contributed by atoms with van der Waals surface area (Å²) in [5.41, 5.74) is 2.32. The van der Waals surface area contributed by atoms with Gasteiger partial charge in [-0.15, -0.1) is 0 Å². The second kappa shape index (κ2) is 7.13. The van der Waals surface area contributed by atoms with Crippen molar-refractivity contribution in [3.63, 3.8) is 0 Å². The van der Waals surface area contributed by atoms with Crippen molar-refractivity contribution in [3.05, 3.63) is 28.8 Å². The number of aliphatic hydroxyl groups excluding tert-OH is 1. The van der Waals surface area contributed by atoms with Gasteiger partial charge in [-0.25, -0.2) is 0 Å². The maximum Gasteiger partial charge on any atom is 0.0635 e. The Morgan fingerprint density at radius 1 is 1.42 bits per heavy atom. The first-order valence-corrected chi connectivity index (χ1v) is 7.51. The Balaban J connectivity index is 2.28. The first-order valence-electron chi connectivity index (χ1n) is 7.13. The van der Waals surface area contributed by atoms with Gasteiger partial charge in [-0.05, 0) is 37.9 Å². The highest BCUT2D eigenvalue weighted by Gasteiger charge is 2.24. The Morgan fingerprint density at radius 3 is 3.00 bits per heavy atom. The minimum Gasteiger partial charge on any atom is -0.394 e. The van der Waals surface area contributed by atoms with Gasteiger partial charge in [0.15, 0.2) is 0 Å². The fourth-order valence-electron chi connectivity index (χ4n) is 2.75. The van der Waals surface area contributed by atoms with Crippen molar-refractivity contribution >= 4 is 17.3 Å². The Labute approximate surface area is 120 Å². The number of nitrogens with zero attached hydrogens (tertiary/aromatic N) is 1. The van der Waals surface area contributed by atoms with Crippen LogP contribution in [0.1, 0.15) is 31.7 Å². The summed E-state index contributed by atoms with van der Waals surface area (Å²) in [7, 11) is 0. The van der Waals surface area contributed by atoms with Crippen LogP contribution in [0.2, 0.25) is 5.02 Å². The van der Waals surface area contributed by atoms with Gasteiger partial charge in [0.1, 0.15) is 0 Å². The molecule has 1 atom stereocenters. The molecule has 0 amide bonds. The van der Waals surface area contributed by atoms with Gasteiger partial charge in [-0.3, -0.25) is 0 Å². The fourth-order valence-corrected chi connectivity index (χ4v) is 2.99. The highest BCUT2D eigenvalue weighted by atomic mass is 35.5. The van der Waals surface area contributed by atoms with E-state index < -0.39 is 0 Å². The summed E-state index contributed by atoms with van der Waals surface area (Å²) >= 11 is 6.35. The third-order valence-electron chi connectivity index (χ3n) is 3.79. The average Bonchev–Trinajstić information content (AvgIpc) is 2.46. The number of anilines is 1. The molecule has 0 radical (unpaired) electrons. The third kappa shape index (κ3) is 3.41. The zero-order valence-electron chi connectivity index (χ0n) is 11.5. The van der Waals surface area contributed by atoms with Crippen LogP contribution >= 0.6 is 11.6 Å². The maximum atomic E-state index is 9.57. The summed E-state index contributed by atoms with van der Waals surface area (Å²) in [6.07, 6.45) is 3.44. The van der Waals surface area contributed by atoms with Gasteiger partial charge >= 0.3 is 0 Å². The summed E-state index contributed by atoms with van der Waals surface area (Å²) in [4.78, 5) is 2.32. The van der Waals surface area contributed by atoms with E-state index in [9.17, 15) is 5.11 Å². The molecule has 2 rings (SSSR count). The molecule has 1 aliphatic heterocycles. The predicted octanol–water partition coefficient (Wildman–Crippen LogP) is 2.80. The van der Waals surface area contributed by atoms with Crippen LogP contribution in [0, 0.1) is 0 Å². The molecule has 1 unspecified atom stereocenters. The highest BCUT2D eigenvalue weighted by Crippen LogP contribution is 2.32. The summed E-state index contributed by atoms with van der Waals surface area (Å²) in [6, 6.07) is 6.28. The number of nitrogens with one attached hydrogen (secondary N) is 1. The normalized spacial score (nSPS) is 19.7. The fraction of sp³-hybridized carbons (Fsp3) is 0.600. The number of piperidine rings is 1. The predicted molar refractivity (Wildman–Crippen MR) is 80.9 cm³/mol. The first-order chi connectivity index (χ1) is 9.27. The SMILES string of the molecule is CCNCc1c(Cl)cccc1N1CCCCC1CO. The number of hydrogen-bond donors (Lipinski definition) is 2. The Bertz CT molecular complexity index is 411. The quantitative estimate of drug-likeness (QED) is 0.872. The number of hydrogen-bond acceptors (Lipinski definition) is 3. The van der Waals surface area contributed by atoms with E-state index >= 15 is 0 Å². The second-order valence-corrected chi connectivity index (χ2v) is 5.45. The molecule has 0 aromatic heterocycles. The molecule has 0 bridgehead atoms. The molecule has 1 saturated heterocycles. The average molecular weight is 283 g/mol. The molecule has 1 heterocycles. The standard InChI is InChI=1S/C15H23ClN2O/c1-2-17-10-13-14(16)7-5-8-15(13)18-9-4-3-6-12(18)11-19/h5,7-8,12,17,19H,2-4,6,9-11H2,1H3. The zero-order chi connectivity index (χ0) is 13.7. The Morgan fingerprint density at radius 2 is 2.26 bits per heavy atom. The van der Waals surface area contributed by atoms with Gasteiger partial charge in [0.2, 0.25) is 0 Å². The molecule has 1 fully saturated rings. The van der Waals surface area contributed by atoms with Gasteiger partial charge in [-0.1, -0.05) is 24.6 Å². The summed E-state index contributed by atoms with van der Waals surface area (Å²) in [5, 5.41) is 13.7. The molecule has 19 heavy (non-hydrogen) atoms. The minimum atomic E-state index is 0.215. The molecule has 1 aliphatic rings. The van der Waals surface area contributed by atoms with E-state index in [4.69, 9.17) is 11.6 Å². The molecule has 1 aromatic rings. The number of halogens is 1. The number of benzene rings is 1. The lowest BCUT2D eigenvalue weighted by Gasteiger charge is -2.38. The second-order valence-electron chi connectivity index (χ2n) is 5.04. The molecule has 0 aliphatic carbocycles. The van der Waals surface area contributed by atoms with E-state index in [1.165, 1.54) is 18.5 Å². The summed E-state index contributed by atoms with van der Waals surface area (Å²) < 4.78 is 0. The molecule has 3 nitrogen and oxygen atoms in total. The van der Waals surface area contributed by atoms with Crippen LogP contribution in [0.15, 0.2) is 18.2 Å². The molecular formula is C15H23ClN2O. The van der Waals surface area contributed by atoms with Crippen LogP contribution < -0.4 is 10.2 Å². The van der Waals surface area contributed by atoms with E-state index in [1.807, 2.05) is 12.1 Å². The van der Waals surface area contributed by atoms with Gasteiger partial charge in [0, 0.05) is 29.4 Å². The van der Waals surface area contributed by atoms with Gasteiger partial charge in [-0.2, -0.15) is 0 Å². The van der Waals surface area contributed by atoms with Gasteiger partial charge in [0.25, 0.3) is 0 Å². The lowest BCUT2D eigenvalue weighted by atomic mass is 10.00. The van der Waals surface area contributed by atoms with E-state index in [0.29, 0.717) is 0 Å². The number of aliphatic hydroxyl groups is 1. The summed E-state index contributed by atoms with van der Waals surface area (Å²) in [5.74, 6) is 0. The maximum absolute atomic E-state index is 9.57. The molecule has 4 heteroatoms. The zero-order valence-corrected chi connectivity index (χ0v) is 12.3. The summed E-state index contributed by atoms with van der Waals surface area (Å²) in [6.45, 7) is 5.01. The van der Waals surface area contributed by atoms with E-state index in [-0.39, 0.29) is 12.6 Å². The van der Waals surface area contributed by atoms with Crippen molar-refractivity contribution in [2.24, 2.45) is 0 Å². The minimum absolute atomic E-state index is 0.215. The van der Waals surface area contributed by atoms with Crippen LogP contribution in [0.5, 0.6) is 0 Å². The third-order valence-corrected chi connectivity index (χ3v) is 4.15. The Hall–Kier alpha value is -0.770. The van der Waals surface area contributed by atoms with Crippen molar-refractivity contribution in [1.82, 2.24) is 5.32 Å². The lowest BCUT2D eigenvalue weighted by molar-refractivity contribution is 0.240. The van der Waals surface area contributed by atoms with E-state index in [2.05, 4.69) is 23.2 Å². The van der Waals surface area contributed by atoms with Gasteiger partial charge < -0.3 is 15.3 Å². The monoisotopic (exact) mass is 282 g/mol. The molecule has 0 saturated carbocycles. The number of rotatable bonds is 5. The van der Waals surface area contributed by atoms with Gasteiger partial charge in [0.05, 0.1) is 12.6 Å². The largest absolute Gasteiger partial charge is 0.394 e. The topological polar surface area (TPSA) is 35.5 Å². The molecule has 2 N–H and O–H groups in total. The smallest absolute Gasteiger partial charge is 0.0635 e. The Kier molecular flexibility index (Phi) is 5.49. The molecular weight excluding hydrogens is 260 g/mol. The van der Waals surface area contributed by atoms with Crippen molar-refractivity contribution in [2.45, 2.75) is 38.8 Å². The van der Waals surface area contributed by atoms with Crippen molar-refractivity contribution in [1.29, 1.82) is 0 Å². The van der Waals surface area contributed by atoms with E-state index in [0.717, 1.165) is 36.6 Å². The van der Waals surface area contributed by atoms with Crippen LogP contribution in [0.4, 0.5) is 5.69 Å². The van der Waals surface area contributed by atoms with Crippen LogP contribution in [-0.4, -0.2) is 30.8 Å². The van der Waals surface area contributed by atoms with Crippen molar-refractivity contribution < 1.29 is 5.11 Å². The lowest BCUT2D eigenvalue weighted by Crippen LogP contribution is -2.42. The van der Waals surface area contributed by atoms with E-state index in [1.54, 1.807) is 0 Å². The first kappa shape index (κ1) is 14.6. The molecule has 0 spiro atoms. The van der Waals surface area contributed by atoms with Crippen molar-refractivity contribution in [2.75, 3.05) is 24.6 Å².